The Morgan fingerprint density at radius 3 is 2.86 bits per heavy atom. The van der Waals surface area contributed by atoms with Crippen LogP contribution in [-0.4, -0.2) is 65.8 Å². The summed E-state index contributed by atoms with van der Waals surface area (Å²) in [6, 6.07) is 1.86. The first kappa shape index (κ1) is 15.3. The lowest BCUT2D eigenvalue weighted by atomic mass is 9.90. The molecule has 3 heterocycles. The van der Waals surface area contributed by atoms with Gasteiger partial charge in [-0.1, -0.05) is 0 Å². The number of urea groups is 1. The monoisotopic (exact) mass is 308 g/mol. The summed E-state index contributed by atoms with van der Waals surface area (Å²) < 4.78 is 13.3. The van der Waals surface area contributed by atoms with Gasteiger partial charge in [0.2, 0.25) is 0 Å². The Kier molecular flexibility index (Phi) is 4.94. The maximum atomic E-state index is 12.3. The van der Waals surface area contributed by atoms with Crippen LogP contribution in [0.25, 0.3) is 0 Å². The summed E-state index contributed by atoms with van der Waals surface area (Å²) in [6.07, 6.45) is 6.38. The van der Waals surface area contributed by atoms with E-state index in [0.29, 0.717) is 26.2 Å². The summed E-state index contributed by atoms with van der Waals surface area (Å²) in [5.41, 5.74) is -0.0810. The van der Waals surface area contributed by atoms with E-state index in [4.69, 9.17) is 9.47 Å². The third-order valence-corrected chi connectivity index (χ3v) is 4.47. The number of nitrogens with zero attached hydrogens (tertiary/aromatic N) is 3. The van der Waals surface area contributed by atoms with Gasteiger partial charge in [-0.15, -0.1) is 0 Å². The average molecular weight is 308 g/mol. The van der Waals surface area contributed by atoms with Crippen molar-refractivity contribution >= 4 is 6.03 Å². The van der Waals surface area contributed by atoms with Crippen molar-refractivity contribution < 1.29 is 14.3 Å². The highest BCUT2D eigenvalue weighted by molar-refractivity contribution is 5.74. The third-order valence-electron chi connectivity index (χ3n) is 4.47. The Hall–Kier alpha value is -1.60. The van der Waals surface area contributed by atoms with Crippen molar-refractivity contribution in [1.29, 1.82) is 0 Å². The molecule has 1 aromatic rings. The summed E-state index contributed by atoms with van der Waals surface area (Å²) in [5, 5.41) is 7.07. The maximum Gasteiger partial charge on any atom is 0.317 e. The highest BCUT2D eigenvalue weighted by atomic mass is 16.5. The SMILES string of the molecule is O=C(NCCn1cccn1)N1CCOC2(CCOCC2)CC1. The number of nitrogens with one attached hydrogen (secondary N) is 1. The predicted molar refractivity (Wildman–Crippen MR) is 80.6 cm³/mol. The van der Waals surface area contributed by atoms with Crippen molar-refractivity contribution in [2.45, 2.75) is 31.4 Å². The molecule has 7 nitrogen and oxygen atoms in total. The lowest BCUT2D eigenvalue weighted by molar-refractivity contribution is -0.105. The number of hydrogen-bond acceptors (Lipinski definition) is 4. The summed E-state index contributed by atoms with van der Waals surface area (Å²) in [7, 11) is 0. The molecule has 2 amide bonds. The van der Waals surface area contributed by atoms with E-state index >= 15 is 0 Å². The third kappa shape index (κ3) is 3.78. The van der Waals surface area contributed by atoms with Gasteiger partial charge in [0.1, 0.15) is 0 Å². The van der Waals surface area contributed by atoms with E-state index in [1.165, 1.54) is 0 Å². The van der Waals surface area contributed by atoms with Crippen molar-refractivity contribution in [3.8, 4) is 0 Å². The maximum absolute atomic E-state index is 12.3. The van der Waals surface area contributed by atoms with Crippen LogP contribution in [0.1, 0.15) is 19.3 Å². The van der Waals surface area contributed by atoms with Gasteiger partial charge < -0.3 is 19.7 Å². The Morgan fingerprint density at radius 1 is 1.23 bits per heavy atom. The molecule has 0 radical (unpaired) electrons. The van der Waals surface area contributed by atoms with E-state index in [-0.39, 0.29) is 11.6 Å². The van der Waals surface area contributed by atoms with Crippen LogP contribution < -0.4 is 5.32 Å². The van der Waals surface area contributed by atoms with Gasteiger partial charge >= 0.3 is 6.03 Å². The summed E-state index contributed by atoms with van der Waals surface area (Å²) in [5.74, 6) is 0. The van der Waals surface area contributed by atoms with Crippen LogP contribution in [0.15, 0.2) is 18.5 Å². The van der Waals surface area contributed by atoms with E-state index in [9.17, 15) is 4.79 Å². The zero-order valence-corrected chi connectivity index (χ0v) is 12.9. The second kappa shape index (κ2) is 7.11. The summed E-state index contributed by atoms with van der Waals surface area (Å²) in [6.45, 7) is 4.78. The summed E-state index contributed by atoms with van der Waals surface area (Å²) in [4.78, 5) is 14.1. The molecule has 0 saturated carbocycles. The molecule has 0 aromatic carbocycles. The van der Waals surface area contributed by atoms with Crippen LogP contribution in [0.3, 0.4) is 0 Å². The quantitative estimate of drug-likeness (QED) is 0.899. The minimum atomic E-state index is -0.0810. The molecule has 1 aromatic heterocycles. The molecule has 1 spiro atoms. The molecule has 22 heavy (non-hydrogen) atoms. The molecule has 1 N–H and O–H groups in total. The molecule has 0 aliphatic carbocycles. The van der Waals surface area contributed by atoms with Crippen LogP contribution in [-0.2, 0) is 16.0 Å². The molecule has 0 unspecified atom stereocenters. The van der Waals surface area contributed by atoms with Crippen LogP contribution in [0.4, 0.5) is 4.79 Å². The van der Waals surface area contributed by atoms with Gasteiger partial charge in [-0.2, -0.15) is 5.10 Å². The largest absolute Gasteiger partial charge is 0.381 e. The number of carbonyl (C=O) groups excluding carboxylic acids is 1. The van der Waals surface area contributed by atoms with E-state index < -0.39 is 0 Å². The molecule has 2 aliphatic rings. The predicted octanol–water partition coefficient (Wildman–Crippen LogP) is 0.864. The van der Waals surface area contributed by atoms with Crippen molar-refractivity contribution in [2.24, 2.45) is 0 Å². The highest BCUT2D eigenvalue weighted by Gasteiger charge is 2.36. The first-order chi connectivity index (χ1) is 10.8. The van der Waals surface area contributed by atoms with Gasteiger partial charge in [0.25, 0.3) is 0 Å². The van der Waals surface area contributed by atoms with Gasteiger partial charge in [0, 0.05) is 45.2 Å². The van der Waals surface area contributed by atoms with Gasteiger partial charge in [-0.05, 0) is 25.3 Å². The lowest BCUT2D eigenvalue weighted by Crippen LogP contribution is -2.43. The van der Waals surface area contributed by atoms with Crippen molar-refractivity contribution in [3.05, 3.63) is 18.5 Å². The molecule has 3 rings (SSSR count). The lowest BCUT2D eigenvalue weighted by Gasteiger charge is -2.35. The molecule has 0 bridgehead atoms. The minimum Gasteiger partial charge on any atom is -0.381 e. The Labute approximate surface area is 130 Å². The van der Waals surface area contributed by atoms with E-state index in [0.717, 1.165) is 39.0 Å². The normalized spacial score (nSPS) is 21.5. The second-order valence-electron chi connectivity index (χ2n) is 5.88. The fraction of sp³-hybridized carbons (Fsp3) is 0.733. The Morgan fingerprint density at radius 2 is 2.09 bits per heavy atom. The number of hydrogen-bond donors (Lipinski definition) is 1. The fourth-order valence-corrected chi connectivity index (χ4v) is 3.06. The zero-order valence-electron chi connectivity index (χ0n) is 12.9. The van der Waals surface area contributed by atoms with Crippen molar-refractivity contribution in [3.63, 3.8) is 0 Å². The second-order valence-corrected chi connectivity index (χ2v) is 5.88. The Bertz CT molecular complexity index is 471. The summed E-state index contributed by atoms with van der Waals surface area (Å²) >= 11 is 0. The van der Waals surface area contributed by atoms with Gasteiger partial charge in [0.15, 0.2) is 0 Å². The Balaban J connectivity index is 1.44. The first-order valence-electron chi connectivity index (χ1n) is 7.99. The van der Waals surface area contributed by atoms with Crippen molar-refractivity contribution in [2.75, 3.05) is 39.5 Å². The number of aromatic nitrogens is 2. The number of ether oxygens (including phenoxy) is 2. The molecule has 2 fully saturated rings. The molecule has 2 aliphatic heterocycles. The zero-order chi connectivity index (χ0) is 15.3. The molecule has 122 valence electrons. The molecular weight excluding hydrogens is 284 g/mol. The number of amides is 2. The smallest absolute Gasteiger partial charge is 0.317 e. The topological polar surface area (TPSA) is 68.6 Å². The molecule has 2 saturated heterocycles. The van der Waals surface area contributed by atoms with Crippen LogP contribution in [0, 0.1) is 0 Å². The van der Waals surface area contributed by atoms with E-state index in [1.54, 1.807) is 6.20 Å². The fourth-order valence-electron chi connectivity index (χ4n) is 3.06. The van der Waals surface area contributed by atoms with Gasteiger partial charge in [-0.25, -0.2) is 4.79 Å². The van der Waals surface area contributed by atoms with Crippen LogP contribution in [0.5, 0.6) is 0 Å². The molecule has 0 atom stereocenters. The van der Waals surface area contributed by atoms with Crippen molar-refractivity contribution in [1.82, 2.24) is 20.0 Å². The van der Waals surface area contributed by atoms with E-state index in [1.807, 2.05) is 21.8 Å². The number of rotatable bonds is 3. The minimum absolute atomic E-state index is 0.0140. The average Bonchev–Trinajstić information content (AvgIpc) is 2.97. The van der Waals surface area contributed by atoms with Gasteiger partial charge in [0.05, 0.1) is 18.8 Å². The van der Waals surface area contributed by atoms with Crippen LogP contribution >= 0.6 is 0 Å². The first-order valence-corrected chi connectivity index (χ1v) is 7.99. The van der Waals surface area contributed by atoms with Gasteiger partial charge in [-0.3, -0.25) is 4.68 Å². The van der Waals surface area contributed by atoms with E-state index in [2.05, 4.69) is 10.4 Å². The molecule has 7 heteroatoms. The van der Waals surface area contributed by atoms with Crippen LogP contribution in [0.2, 0.25) is 0 Å². The highest BCUT2D eigenvalue weighted by Crippen LogP contribution is 2.30. The molecular formula is C15H24N4O3. The standard InChI is InChI=1S/C15H24N4O3/c20-14(16-6-9-19-7-1-5-17-19)18-8-2-15(22-13-10-18)3-11-21-12-4-15/h1,5,7H,2-4,6,8-13H2,(H,16,20). The number of carbonyl (C=O) groups is 1.